The van der Waals surface area contributed by atoms with E-state index in [2.05, 4.69) is 28.8 Å². The minimum atomic E-state index is 0.603. The van der Waals surface area contributed by atoms with Gasteiger partial charge < -0.3 is 4.57 Å². The Morgan fingerprint density at radius 3 is 2.55 bits per heavy atom. The van der Waals surface area contributed by atoms with E-state index in [1.807, 2.05) is 30.3 Å². The van der Waals surface area contributed by atoms with Crippen molar-refractivity contribution in [3.63, 3.8) is 0 Å². The van der Waals surface area contributed by atoms with Crippen LogP contribution in [0.5, 0.6) is 0 Å². The summed E-state index contributed by atoms with van der Waals surface area (Å²) < 4.78 is 2.35. The topological polar surface area (TPSA) is 41.6 Å². The molecule has 0 radical (unpaired) electrons. The van der Waals surface area contributed by atoms with E-state index in [4.69, 9.17) is 10.2 Å². The van der Waals surface area contributed by atoms with Gasteiger partial charge >= 0.3 is 0 Å². The molecule has 1 aliphatic rings. The van der Waals surface area contributed by atoms with Crippen molar-refractivity contribution in [2.24, 2.45) is 0 Å². The van der Waals surface area contributed by atoms with Crippen LogP contribution in [-0.2, 0) is 6.54 Å². The van der Waals surface area contributed by atoms with Gasteiger partial charge in [0, 0.05) is 12.5 Å². The maximum atomic E-state index is 8.92. The van der Waals surface area contributed by atoms with Crippen molar-refractivity contribution < 1.29 is 0 Å². The van der Waals surface area contributed by atoms with E-state index in [0.717, 1.165) is 12.1 Å². The van der Waals surface area contributed by atoms with Crippen LogP contribution < -0.4 is 0 Å². The number of hydrogen-bond donors (Lipinski definition) is 0. The fourth-order valence-corrected chi connectivity index (χ4v) is 3.11. The number of nitrogens with zero attached hydrogens (tertiary/aromatic N) is 3. The molecular formula is C19H17N3. The summed E-state index contributed by atoms with van der Waals surface area (Å²) >= 11 is 0. The zero-order chi connectivity index (χ0) is 14.9. The summed E-state index contributed by atoms with van der Waals surface area (Å²) in [6.07, 6.45) is 3.80. The predicted molar refractivity (Wildman–Crippen MR) is 86.6 cm³/mol. The number of benzene rings is 2. The summed E-state index contributed by atoms with van der Waals surface area (Å²) in [7, 11) is 0. The number of aromatic nitrogens is 2. The van der Waals surface area contributed by atoms with Gasteiger partial charge in [0.05, 0.1) is 22.7 Å². The molecule has 3 heteroatoms. The highest BCUT2D eigenvalue weighted by molar-refractivity contribution is 5.76. The van der Waals surface area contributed by atoms with E-state index in [0.29, 0.717) is 11.5 Å². The first kappa shape index (κ1) is 13.1. The zero-order valence-corrected chi connectivity index (χ0v) is 12.4. The van der Waals surface area contributed by atoms with E-state index < -0.39 is 0 Å². The molecule has 1 heterocycles. The van der Waals surface area contributed by atoms with E-state index in [1.54, 1.807) is 0 Å². The molecule has 3 nitrogen and oxygen atoms in total. The molecule has 0 atom stereocenters. The van der Waals surface area contributed by atoms with Gasteiger partial charge in [0.25, 0.3) is 0 Å². The van der Waals surface area contributed by atoms with Crippen molar-refractivity contribution in [3.05, 3.63) is 65.5 Å². The third kappa shape index (κ3) is 2.17. The fraction of sp³-hybridized carbons (Fsp3) is 0.263. The molecule has 3 aromatic rings. The van der Waals surface area contributed by atoms with Gasteiger partial charge in [-0.1, -0.05) is 30.7 Å². The summed E-state index contributed by atoms with van der Waals surface area (Å²) in [4.78, 5) is 4.88. The first-order valence-electron chi connectivity index (χ1n) is 7.79. The Morgan fingerprint density at radius 1 is 1.09 bits per heavy atom. The standard InChI is InChI=1S/C19H17N3/c20-12-14-8-10-15(11-9-14)13-22-18-7-2-1-6-17(18)21-19(22)16-4-3-5-16/h1-2,6-11,16H,3-5,13H2. The molecule has 0 N–H and O–H groups in total. The van der Waals surface area contributed by atoms with Crippen LogP contribution in [0.4, 0.5) is 0 Å². The molecule has 108 valence electrons. The third-order valence-electron chi connectivity index (χ3n) is 4.58. The molecule has 2 aromatic carbocycles. The molecule has 1 fully saturated rings. The maximum Gasteiger partial charge on any atom is 0.113 e. The molecule has 1 aliphatic carbocycles. The Labute approximate surface area is 129 Å². The second-order valence-corrected chi connectivity index (χ2v) is 5.98. The Bertz CT molecular complexity index is 849. The van der Waals surface area contributed by atoms with Crippen molar-refractivity contribution in [3.8, 4) is 6.07 Å². The predicted octanol–water partition coefficient (Wildman–Crippen LogP) is 4.22. The Morgan fingerprint density at radius 2 is 1.86 bits per heavy atom. The largest absolute Gasteiger partial charge is 0.323 e. The van der Waals surface area contributed by atoms with E-state index >= 15 is 0 Å². The highest BCUT2D eigenvalue weighted by atomic mass is 15.1. The normalized spacial score (nSPS) is 14.7. The van der Waals surface area contributed by atoms with Gasteiger partial charge in [-0.05, 0) is 42.7 Å². The van der Waals surface area contributed by atoms with Crippen molar-refractivity contribution in [1.82, 2.24) is 9.55 Å². The van der Waals surface area contributed by atoms with Gasteiger partial charge in [0.15, 0.2) is 0 Å². The van der Waals surface area contributed by atoms with Crippen LogP contribution in [0, 0.1) is 11.3 Å². The van der Waals surface area contributed by atoms with Gasteiger partial charge in [-0.2, -0.15) is 5.26 Å². The number of fused-ring (bicyclic) bond motifs is 1. The van der Waals surface area contributed by atoms with E-state index in [-0.39, 0.29) is 0 Å². The lowest BCUT2D eigenvalue weighted by Crippen LogP contribution is -2.16. The Kier molecular flexibility index (Phi) is 3.16. The molecule has 0 aliphatic heterocycles. The van der Waals surface area contributed by atoms with Crippen LogP contribution in [0.15, 0.2) is 48.5 Å². The second-order valence-electron chi connectivity index (χ2n) is 5.98. The number of hydrogen-bond acceptors (Lipinski definition) is 2. The van der Waals surface area contributed by atoms with Crippen molar-refractivity contribution >= 4 is 11.0 Å². The fourth-order valence-electron chi connectivity index (χ4n) is 3.11. The summed E-state index contributed by atoms with van der Waals surface area (Å²) in [5.41, 5.74) is 4.20. The third-order valence-corrected chi connectivity index (χ3v) is 4.58. The van der Waals surface area contributed by atoms with Gasteiger partial charge in [-0.3, -0.25) is 0 Å². The van der Waals surface area contributed by atoms with Crippen molar-refractivity contribution in [2.75, 3.05) is 0 Å². The van der Waals surface area contributed by atoms with E-state index in [1.165, 1.54) is 36.2 Å². The molecule has 4 rings (SSSR count). The summed E-state index contributed by atoms with van der Waals surface area (Å²) in [6.45, 7) is 0.818. The van der Waals surface area contributed by atoms with Crippen LogP contribution >= 0.6 is 0 Å². The molecule has 1 saturated carbocycles. The molecule has 0 spiro atoms. The average molecular weight is 287 g/mol. The molecule has 0 saturated heterocycles. The molecule has 0 unspecified atom stereocenters. The first-order valence-corrected chi connectivity index (χ1v) is 7.79. The summed E-state index contributed by atoms with van der Waals surface area (Å²) in [6, 6.07) is 18.4. The SMILES string of the molecule is N#Cc1ccc(Cn2c(C3CCC3)nc3ccccc32)cc1. The van der Waals surface area contributed by atoms with Gasteiger partial charge in [-0.25, -0.2) is 4.98 Å². The molecule has 1 aromatic heterocycles. The monoisotopic (exact) mass is 287 g/mol. The summed E-state index contributed by atoms with van der Waals surface area (Å²) in [5.74, 6) is 1.82. The van der Waals surface area contributed by atoms with Gasteiger partial charge in [0.1, 0.15) is 5.82 Å². The average Bonchev–Trinajstić information content (AvgIpc) is 2.85. The van der Waals surface area contributed by atoms with Crippen LogP contribution in [0.3, 0.4) is 0 Å². The van der Waals surface area contributed by atoms with E-state index in [9.17, 15) is 0 Å². The number of para-hydroxylation sites is 2. The number of rotatable bonds is 3. The lowest BCUT2D eigenvalue weighted by atomic mass is 9.85. The van der Waals surface area contributed by atoms with Crippen LogP contribution in [-0.4, -0.2) is 9.55 Å². The molecule has 0 bridgehead atoms. The van der Waals surface area contributed by atoms with Crippen LogP contribution in [0.2, 0.25) is 0 Å². The quantitative estimate of drug-likeness (QED) is 0.723. The Hall–Kier alpha value is -2.60. The minimum Gasteiger partial charge on any atom is -0.323 e. The molecular weight excluding hydrogens is 270 g/mol. The highest BCUT2D eigenvalue weighted by Crippen LogP contribution is 2.37. The highest BCUT2D eigenvalue weighted by Gasteiger charge is 2.25. The first-order chi connectivity index (χ1) is 10.8. The number of imidazole rings is 1. The minimum absolute atomic E-state index is 0.603. The zero-order valence-electron chi connectivity index (χ0n) is 12.4. The Balaban J connectivity index is 1.76. The van der Waals surface area contributed by atoms with Crippen molar-refractivity contribution in [2.45, 2.75) is 31.7 Å². The molecule has 0 amide bonds. The maximum absolute atomic E-state index is 8.92. The van der Waals surface area contributed by atoms with Crippen LogP contribution in [0.1, 0.15) is 42.1 Å². The second kappa shape index (κ2) is 5.31. The number of nitriles is 1. The van der Waals surface area contributed by atoms with Gasteiger partial charge in [-0.15, -0.1) is 0 Å². The smallest absolute Gasteiger partial charge is 0.113 e. The molecule has 22 heavy (non-hydrogen) atoms. The summed E-state index contributed by atoms with van der Waals surface area (Å²) in [5, 5.41) is 8.92. The van der Waals surface area contributed by atoms with Gasteiger partial charge in [0.2, 0.25) is 0 Å². The van der Waals surface area contributed by atoms with Crippen LogP contribution in [0.25, 0.3) is 11.0 Å². The lowest BCUT2D eigenvalue weighted by molar-refractivity contribution is 0.392. The lowest BCUT2D eigenvalue weighted by Gasteiger charge is -2.25. The van der Waals surface area contributed by atoms with Crippen molar-refractivity contribution in [1.29, 1.82) is 5.26 Å².